The molecule has 1 aromatic carbocycles. The summed E-state index contributed by atoms with van der Waals surface area (Å²) in [5.41, 5.74) is 1.12. The Morgan fingerprint density at radius 3 is 3.09 bits per heavy atom. The molecule has 0 aromatic heterocycles. The third-order valence-electron chi connectivity index (χ3n) is 5.13. The number of nitrogens with one attached hydrogen (secondary N) is 3. The van der Waals surface area contributed by atoms with Crippen LogP contribution in [0.3, 0.4) is 0 Å². The molecule has 0 unspecified atom stereocenters. The molecule has 124 valence electrons. The topological polar surface area (TPSA) is 71.6 Å². The Balaban J connectivity index is 1.69. The van der Waals surface area contributed by atoms with E-state index >= 15 is 0 Å². The normalized spacial score (nSPS) is 30.6. The number of benzene rings is 1. The molecule has 1 saturated heterocycles. The number of para-hydroxylation sites is 1. The van der Waals surface area contributed by atoms with E-state index in [0.717, 1.165) is 37.6 Å². The zero-order valence-corrected chi connectivity index (χ0v) is 13.2. The van der Waals surface area contributed by atoms with Crippen LogP contribution in [0, 0.1) is 5.41 Å². The number of hydrogen-bond donors (Lipinski definition) is 3. The van der Waals surface area contributed by atoms with Crippen LogP contribution in [0.15, 0.2) is 18.2 Å². The average Bonchev–Trinajstić information content (AvgIpc) is 3.00. The summed E-state index contributed by atoms with van der Waals surface area (Å²) in [4.78, 5) is 12.0. The lowest BCUT2D eigenvalue weighted by Gasteiger charge is -2.40. The molecule has 1 amide bonds. The molecule has 2 atom stereocenters. The summed E-state index contributed by atoms with van der Waals surface area (Å²) in [6.07, 6.45) is 0.853. The lowest BCUT2D eigenvalue weighted by Crippen LogP contribution is -2.49. The van der Waals surface area contributed by atoms with E-state index in [-0.39, 0.29) is 11.3 Å². The maximum Gasteiger partial charge on any atom is 0.233 e. The van der Waals surface area contributed by atoms with Crippen LogP contribution < -0.4 is 25.4 Å². The zero-order valence-electron chi connectivity index (χ0n) is 13.2. The molecule has 0 aliphatic carbocycles. The van der Waals surface area contributed by atoms with Crippen molar-refractivity contribution in [2.45, 2.75) is 12.3 Å². The van der Waals surface area contributed by atoms with Crippen LogP contribution in [0.5, 0.6) is 11.5 Å². The largest absolute Gasteiger partial charge is 0.490 e. The number of fused-ring (bicyclic) bond motifs is 2. The van der Waals surface area contributed by atoms with Crippen LogP contribution in [0.4, 0.5) is 0 Å². The third-order valence-corrected chi connectivity index (χ3v) is 5.13. The molecule has 3 aliphatic rings. The van der Waals surface area contributed by atoms with Crippen LogP contribution in [-0.4, -0.2) is 51.8 Å². The number of hydrogen-bond acceptors (Lipinski definition) is 5. The Bertz CT molecular complexity index is 607. The van der Waals surface area contributed by atoms with Crippen LogP contribution in [0.2, 0.25) is 0 Å². The van der Waals surface area contributed by atoms with E-state index in [1.165, 1.54) is 5.56 Å². The van der Waals surface area contributed by atoms with Crippen LogP contribution >= 0.6 is 0 Å². The fraction of sp³-hybridized carbons (Fsp3) is 0.588. The van der Waals surface area contributed by atoms with E-state index in [0.29, 0.717) is 32.2 Å². The first kappa shape index (κ1) is 14.8. The summed E-state index contributed by atoms with van der Waals surface area (Å²) in [6, 6.07) is 6.15. The molecule has 1 spiro atoms. The van der Waals surface area contributed by atoms with Gasteiger partial charge in [0.05, 0.1) is 19.8 Å². The van der Waals surface area contributed by atoms with Gasteiger partial charge < -0.3 is 25.4 Å². The standard InChI is InChI=1S/C17H23N3O3/c21-15-8-18-5-2-6-22-14-4-1-3-12-13-7-19-9-17(13,10-20-15)11-23-16(12)14/h1,3-4,13,18-19H,2,5-11H2,(H,20,21)/t13-,17-/m0/s1. The molecule has 6 heteroatoms. The highest BCUT2D eigenvalue weighted by Crippen LogP contribution is 2.49. The van der Waals surface area contributed by atoms with Crippen molar-refractivity contribution >= 4 is 5.91 Å². The monoisotopic (exact) mass is 317 g/mol. The zero-order chi connectivity index (χ0) is 15.7. The molecule has 6 nitrogen and oxygen atoms in total. The Kier molecular flexibility index (Phi) is 3.87. The highest BCUT2D eigenvalue weighted by Gasteiger charge is 2.48. The van der Waals surface area contributed by atoms with Crippen molar-refractivity contribution < 1.29 is 14.3 Å². The van der Waals surface area contributed by atoms with Crippen molar-refractivity contribution in [3.8, 4) is 11.5 Å². The molecule has 3 aliphatic heterocycles. The first-order chi connectivity index (χ1) is 11.3. The van der Waals surface area contributed by atoms with Crippen molar-refractivity contribution in [3.63, 3.8) is 0 Å². The summed E-state index contributed by atoms with van der Waals surface area (Å²) < 4.78 is 12.0. The lowest BCUT2D eigenvalue weighted by molar-refractivity contribution is -0.120. The molecular formula is C17H23N3O3. The predicted octanol–water partition coefficient (Wildman–Crippen LogP) is 0.241. The highest BCUT2D eigenvalue weighted by molar-refractivity contribution is 5.78. The molecule has 3 N–H and O–H groups in total. The third kappa shape index (κ3) is 2.66. The number of amides is 1. The van der Waals surface area contributed by atoms with E-state index in [2.05, 4.69) is 22.0 Å². The second kappa shape index (κ2) is 6.02. The fourth-order valence-corrected chi connectivity index (χ4v) is 3.84. The molecule has 4 rings (SSSR count). The maximum atomic E-state index is 12.0. The maximum absolute atomic E-state index is 12.0. The van der Waals surface area contributed by atoms with Gasteiger partial charge in [-0.15, -0.1) is 0 Å². The average molecular weight is 317 g/mol. The highest BCUT2D eigenvalue weighted by atomic mass is 16.5. The number of ether oxygens (including phenoxy) is 2. The van der Waals surface area contributed by atoms with E-state index in [9.17, 15) is 4.79 Å². The second-order valence-corrected chi connectivity index (χ2v) is 6.66. The lowest BCUT2D eigenvalue weighted by atomic mass is 9.73. The van der Waals surface area contributed by atoms with Gasteiger partial charge in [-0.3, -0.25) is 4.79 Å². The Labute approximate surface area is 135 Å². The Morgan fingerprint density at radius 1 is 1.17 bits per heavy atom. The first-order valence-corrected chi connectivity index (χ1v) is 8.35. The molecule has 23 heavy (non-hydrogen) atoms. The Morgan fingerprint density at radius 2 is 2.13 bits per heavy atom. The summed E-state index contributed by atoms with van der Waals surface area (Å²) in [5.74, 6) is 2.10. The van der Waals surface area contributed by atoms with Gasteiger partial charge in [-0.05, 0) is 19.0 Å². The van der Waals surface area contributed by atoms with Crippen molar-refractivity contribution in [3.05, 3.63) is 23.8 Å². The van der Waals surface area contributed by atoms with Crippen molar-refractivity contribution in [1.82, 2.24) is 16.0 Å². The van der Waals surface area contributed by atoms with Crippen molar-refractivity contribution in [2.75, 3.05) is 45.9 Å². The predicted molar refractivity (Wildman–Crippen MR) is 86.0 cm³/mol. The van der Waals surface area contributed by atoms with Gasteiger partial charge >= 0.3 is 0 Å². The first-order valence-electron chi connectivity index (χ1n) is 8.35. The summed E-state index contributed by atoms with van der Waals surface area (Å²) in [5, 5.41) is 9.72. The summed E-state index contributed by atoms with van der Waals surface area (Å²) >= 11 is 0. The van der Waals surface area contributed by atoms with Gasteiger partial charge in [0, 0.05) is 36.5 Å². The minimum atomic E-state index is -0.0780. The molecule has 3 heterocycles. The summed E-state index contributed by atoms with van der Waals surface area (Å²) in [6.45, 7) is 4.73. The van der Waals surface area contributed by atoms with Gasteiger partial charge in [-0.25, -0.2) is 0 Å². The fourth-order valence-electron chi connectivity index (χ4n) is 3.84. The van der Waals surface area contributed by atoms with E-state index in [1.54, 1.807) is 0 Å². The van der Waals surface area contributed by atoms with E-state index < -0.39 is 0 Å². The number of carbonyl (C=O) groups is 1. The van der Waals surface area contributed by atoms with E-state index in [4.69, 9.17) is 9.47 Å². The van der Waals surface area contributed by atoms with Crippen molar-refractivity contribution in [2.24, 2.45) is 5.41 Å². The van der Waals surface area contributed by atoms with E-state index in [1.807, 2.05) is 12.1 Å². The molecule has 1 fully saturated rings. The minimum Gasteiger partial charge on any atom is -0.490 e. The van der Waals surface area contributed by atoms with Gasteiger partial charge in [0.1, 0.15) is 0 Å². The van der Waals surface area contributed by atoms with Crippen LogP contribution in [0.1, 0.15) is 17.9 Å². The van der Waals surface area contributed by atoms with Crippen molar-refractivity contribution in [1.29, 1.82) is 0 Å². The summed E-state index contributed by atoms with van der Waals surface area (Å²) in [7, 11) is 0. The van der Waals surface area contributed by atoms with Crippen LogP contribution in [0.25, 0.3) is 0 Å². The smallest absolute Gasteiger partial charge is 0.233 e. The number of carbonyl (C=O) groups excluding carboxylic acids is 1. The molecule has 1 aromatic rings. The second-order valence-electron chi connectivity index (χ2n) is 6.66. The quantitative estimate of drug-likeness (QED) is 0.639. The molecule has 2 bridgehead atoms. The molecular weight excluding hydrogens is 294 g/mol. The van der Waals surface area contributed by atoms with Gasteiger partial charge in [-0.2, -0.15) is 0 Å². The van der Waals surface area contributed by atoms with Gasteiger partial charge in [-0.1, -0.05) is 12.1 Å². The van der Waals surface area contributed by atoms with Gasteiger partial charge in [0.15, 0.2) is 11.5 Å². The van der Waals surface area contributed by atoms with Crippen LogP contribution in [-0.2, 0) is 4.79 Å². The molecule has 0 saturated carbocycles. The number of rotatable bonds is 0. The van der Waals surface area contributed by atoms with Gasteiger partial charge in [0.2, 0.25) is 5.91 Å². The Hall–Kier alpha value is -1.79. The van der Waals surface area contributed by atoms with Gasteiger partial charge in [0.25, 0.3) is 0 Å². The minimum absolute atomic E-state index is 0.0440. The molecule has 0 radical (unpaired) electrons. The SMILES string of the molecule is O=C1CNCCCOc2cccc3c2OC[C@]2(CNC[C@@H]32)CN1.